The normalized spacial score (nSPS) is 33.2. The van der Waals surface area contributed by atoms with Gasteiger partial charge in [0, 0.05) is 5.54 Å². The molecule has 4 heteroatoms. The van der Waals surface area contributed by atoms with Gasteiger partial charge in [-0.05, 0) is 34.1 Å². The maximum absolute atomic E-state index is 9.80. The first-order valence-corrected chi connectivity index (χ1v) is 4.57. The summed E-state index contributed by atoms with van der Waals surface area (Å²) in [7, 11) is 0. The Hall–Kier alpha value is -0.160. The van der Waals surface area contributed by atoms with Gasteiger partial charge in [0.15, 0.2) is 0 Å². The predicted octanol–water partition coefficient (Wildman–Crippen LogP) is 0.973. The zero-order valence-electron chi connectivity index (χ0n) is 8.74. The van der Waals surface area contributed by atoms with Crippen LogP contribution in [0.4, 0.5) is 0 Å². The van der Waals surface area contributed by atoms with Crippen LogP contribution in [0.1, 0.15) is 34.1 Å². The van der Waals surface area contributed by atoms with Gasteiger partial charge in [-0.1, -0.05) is 0 Å². The number of hydroxylamine groups is 2. The summed E-state index contributed by atoms with van der Waals surface area (Å²) in [5.74, 6) is 0. The van der Waals surface area contributed by atoms with Crippen LogP contribution in [0.25, 0.3) is 0 Å². The van der Waals surface area contributed by atoms with Crippen molar-refractivity contribution in [3.8, 4) is 0 Å². The Morgan fingerprint density at radius 3 is 2.31 bits per heavy atom. The fraction of sp³-hybridized carbons (Fsp3) is 1.00. The molecule has 1 atom stereocenters. The van der Waals surface area contributed by atoms with Gasteiger partial charge in [-0.2, -0.15) is 5.06 Å². The zero-order chi connectivity index (χ0) is 10.3. The smallest absolute Gasteiger partial charge is 0.139 e. The van der Waals surface area contributed by atoms with Gasteiger partial charge in [0.2, 0.25) is 0 Å². The summed E-state index contributed by atoms with van der Waals surface area (Å²) in [6.45, 7) is 7.44. The molecule has 0 aromatic heterocycles. The monoisotopic (exact) mass is 189 g/mol. The minimum atomic E-state index is -0.727. The van der Waals surface area contributed by atoms with Crippen LogP contribution in [0, 0.1) is 0 Å². The molecule has 13 heavy (non-hydrogen) atoms. The summed E-state index contributed by atoms with van der Waals surface area (Å²) < 4.78 is 5.50. The van der Waals surface area contributed by atoms with Crippen molar-refractivity contribution in [3.05, 3.63) is 0 Å². The molecule has 2 N–H and O–H groups in total. The molecule has 0 bridgehead atoms. The summed E-state index contributed by atoms with van der Waals surface area (Å²) in [6, 6.07) is 0. The number of ether oxygens (including phenoxy) is 1. The van der Waals surface area contributed by atoms with Crippen LogP contribution in [0.2, 0.25) is 0 Å². The number of rotatable bonds is 1. The first-order chi connectivity index (χ1) is 5.79. The predicted molar refractivity (Wildman–Crippen MR) is 48.4 cm³/mol. The summed E-state index contributed by atoms with van der Waals surface area (Å²) in [6.07, 6.45) is 0.442. The Morgan fingerprint density at radius 1 is 1.38 bits per heavy atom. The molecular weight excluding hydrogens is 170 g/mol. The zero-order valence-corrected chi connectivity index (χ0v) is 8.74. The average molecular weight is 189 g/mol. The third kappa shape index (κ3) is 2.02. The Kier molecular flexibility index (Phi) is 2.69. The van der Waals surface area contributed by atoms with Crippen LogP contribution in [-0.2, 0) is 4.74 Å². The molecule has 4 nitrogen and oxygen atoms in total. The fourth-order valence-corrected chi connectivity index (χ4v) is 1.97. The van der Waals surface area contributed by atoms with Crippen molar-refractivity contribution in [2.45, 2.75) is 51.5 Å². The Morgan fingerprint density at radius 2 is 1.92 bits per heavy atom. The number of aliphatic hydroxyl groups is 1. The lowest BCUT2D eigenvalue weighted by Crippen LogP contribution is -2.62. The molecule has 1 fully saturated rings. The van der Waals surface area contributed by atoms with Gasteiger partial charge in [-0.3, -0.25) is 0 Å². The van der Waals surface area contributed by atoms with Crippen molar-refractivity contribution in [1.82, 2.24) is 5.06 Å². The molecule has 1 aliphatic rings. The lowest BCUT2D eigenvalue weighted by molar-refractivity contribution is -0.355. The van der Waals surface area contributed by atoms with Crippen LogP contribution in [0.15, 0.2) is 0 Å². The van der Waals surface area contributed by atoms with Crippen LogP contribution < -0.4 is 0 Å². The molecule has 0 radical (unpaired) electrons. The van der Waals surface area contributed by atoms with Crippen LogP contribution in [0.5, 0.6) is 0 Å². The molecule has 0 amide bonds. The second kappa shape index (κ2) is 3.20. The minimum Gasteiger partial charge on any atom is -0.394 e. The van der Waals surface area contributed by atoms with Crippen molar-refractivity contribution in [2.24, 2.45) is 0 Å². The third-order valence-corrected chi connectivity index (χ3v) is 2.47. The van der Waals surface area contributed by atoms with E-state index in [9.17, 15) is 5.21 Å². The average Bonchev–Trinajstić information content (AvgIpc) is 1.99. The molecule has 1 rings (SSSR count). The molecule has 0 aliphatic carbocycles. The largest absolute Gasteiger partial charge is 0.394 e. The second-order valence-corrected chi connectivity index (χ2v) is 4.70. The highest BCUT2D eigenvalue weighted by Crippen LogP contribution is 2.34. The highest BCUT2D eigenvalue weighted by Gasteiger charge is 2.45. The number of hydrogen-bond acceptors (Lipinski definition) is 4. The maximum Gasteiger partial charge on any atom is 0.139 e. The Bertz CT molecular complexity index is 173. The van der Waals surface area contributed by atoms with Crippen LogP contribution >= 0.6 is 0 Å². The second-order valence-electron chi connectivity index (χ2n) is 4.70. The molecule has 1 heterocycles. The highest BCUT2D eigenvalue weighted by molar-refractivity contribution is 4.90. The lowest BCUT2D eigenvalue weighted by atomic mass is 9.92. The molecule has 78 valence electrons. The first kappa shape index (κ1) is 10.9. The quantitative estimate of drug-likeness (QED) is 0.645. The number of hydrogen-bond donors (Lipinski definition) is 2. The van der Waals surface area contributed by atoms with Gasteiger partial charge < -0.3 is 15.1 Å². The van der Waals surface area contributed by atoms with Crippen molar-refractivity contribution in [2.75, 3.05) is 6.61 Å². The van der Waals surface area contributed by atoms with E-state index in [1.54, 1.807) is 13.8 Å². The van der Waals surface area contributed by atoms with Gasteiger partial charge in [-0.25, -0.2) is 0 Å². The summed E-state index contributed by atoms with van der Waals surface area (Å²) >= 11 is 0. The van der Waals surface area contributed by atoms with Crippen molar-refractivity contribution >= 4 is 0 Å². The maximum atomic E-state index is 9.80. The molecule has 0 saturated carbocycles. The third-order valence-electron chi connectivity index (χ3n) is 2.47. The van der Waals surface area contributed by atoms with E-state index in [0.29, 0.717) is 6.42 Å². The highest BCUT2D eigenvalue weighted by atomic mass is 16.6. The SMILES string of the molecule is CC1(C)C[C@@H](CO)OC(C)(C)N1O. The fourth-order valence-electron chi connectivity index (χ4n) is 1.97. The summed E-state index contributed by atoms with van der Waals surface area (Å²) in [4.78, 5) is 0. The van der Waals surface area contributed by atoms with Crippen molar-refractivity contribution in [1.29, 1.82) is 0 Å². The summed E-state index contributed by atoms with van der Waals surface area (Å²) in [5.41, 5.74) is -1.08. The van der Waals surface area contributed by atoms with Crippen LogP contribution in [-0.4, -0.2) is 39.4 Å². The lowest BCUT2D eigenvalue weighted by Gasteiger charge is -2.50. The Labute approximate surface area is 79.1 Å². The van der Waals surface area contributed by atoms with E-state index in [1.165, 1.54) is 5.06 Å². The standard InChI is InChI=1S/C9H19NO3/c1-8(2)5-7(6-11)13-9(3,4)10(8)12/h7,11-12H,5-6H2,1-4H3/t7-/m0/s1. The van der Waals surface area contributed by atoms with E-state index < -0.39 is 5.72 Å². The van der Waals surface area contributed by atoms with E-state index in [0.717, 1.165) is 0 Å². The van der Waals surface area contributed by atoms with E-state index >= 15 is 0 Å². The minimum absolute atomic E-state index is 0.000694. The van der Waals surface area contributed by atoms with Gasteiger partial charge in [-0.15, -0.1) is 0 Å². The molecule has 1 aliphatic heterocycles. The first-order valence-electron chi connectivity index (χ1n) is 4.57. The van der Waals surface area contributed by atoms with Gasteiger partial charge >= 0.3 is 0 Å². The van der Waals surface area contributed by atoms with E-state index in [2.05, 4.69) is 0 Å². The van der Waals surface area contributed by atoms with E-state index in [-0.39, 0.29) is 18.2 Å². The number of aliphatic hydroxyl groups excluding tert-OH is 1. The van der Waals surface area contributed by atoms with Gasteiger partial charge in [0.1, 0.15) is 5.72 Å². The molecule has 0 unspecified atom stereocenters. The van der Waals surface area contributed by atoms with E-state index in [4.69, 9.17) is 9.84 Å². The summed E-state index contributed by atoms with van der Waals surface area (Å²) in [5, 5.41) is 20.0. The van der Waals surface area contributed by atoms with Crippen LogP contribution in [0.3, 0.4) is 0 Å². The molecule has 1 saturated heterocycles. The molecule has 0 aromatic carbocycles. The number of nitrogens with zero attached hydrogens (tertiary/aromatic N) is 1. The van der Waals surface area contributed by atoms with Gasteiger partial charge in [0.25, 0.3) is 0 Å². The molecule has 0 aromatic rings. The van der Waals surface area contributed by atoms with Gasteiger partial charge in [0.05, 0.1) is 12.7 Å². The topological polar surface area (TPSA) is 52.9 Å². The molecular formula is C9H19NO3. The Balaban J connectivity index is 2.82. The van der Waals surface area contributed by atoms with Crippen molar-refractivity contribution in [3.63, 3.8) is 0 Å². The molecule has 0 spiro atoms. The van der Waals surface area contributed by atoms with E-state index in [1.807, 2.05) is 13.8 Å². The van der Waals surface area contributed by atoms with Crippen molar-refractivity contribution < 1.29 is 15.1 Å².